The topological polar surface area (TPSA) is 140 Å². The van der Waals surface area contributed by atoms with Gasteiger partial charge in [0.1, 0.15) is 23.8 Å². The molecule has 0 aliphatic carbocycles. The van der Waals surface area contributed by atoms with Crippen molar-refractivity contribution in [2.75, 3.05) is 42.2 Å². The second-order valence-electron chi connectivity index (χ2n) is 9.24. The van der Waals surface area contributed by atoms with Crippen molar-refractivity contribution in [3.8, 4) is 17.2 Å². The van der Waals surface area contributed by atoms with Crippen molar-refractivity contribution >= 4 is 43.0 Å². The number of hydrogen-bond donors (Lipinski definition) is 2. The van der Waals surface area contributed by atoms with E-state index in [0.29, 0.717) is 11.5 Å². The van der Waals surface area contributed by atoms with Crippen LogP contribution in [-0.2, 0) is 24.8 Å². The zero-order chi connectivity index (χ0) is 31.2. The summed E-state index contributed by atoms with van der Waals surface area (Å²) in [6.45, 7) is 1.22. The Balaban J connectivity index is 1.57. The van der Waals surface area contributed by atoms with Crippen LogP contribution in [0.25, 0.3) is 0 Å². The summed E-state index contributed by atoms with van der Waals surface area (Å²) in [5.74, 6) is 0.349. The third-order valence-corrected chi connectivity index (χ3v) is 9.48. The van der Waals surface area contributed by atoms with E-state index in [2.05, 4.69) is 10.0 Å². The lowest BCUT2D eigenvalue weighted by Gasteiger charge is -2.26. The average molecular weight is 626 g/mol. The van der Waals surface area contributed by atoms with Gasteiger partial charge in [0.15, 0.2) is 0 Å². The molecule has 0 heterocycles. The number of methoxy groups -OCH3 is 3. The van der Waals surface area contributed by atoms with E-state index in [9.17, 15) is 21.6 Å². The molecule has 0 unspecified atom stereocenters. The maximum Gasteiger partial charge on any atom is 0.264 e. The molecule has 4 aromatic carbocycles. The maximum atomic E-state index is 13.7. The van der Waals surface area contributed by atoms with Gasteiger partial charge >= 0.3 is 0 Å². The van der Waals surface area contributed by atoms with Crippen molar-refractivity contribution < 1.29 is 35.8 Å². The largest absolute Gasteiger partial charge is 0.497 e. The zero-order valence-electron chi connectivity index (χ0n) is 23.9. The van der Waals surface area contributed by atoms with Gasteiger partial charge in [-0.05, 0) is 73.2 Å². The molecule has 11 nitrogen and oxygen atoms in total. The van der Waals surface area contributed by atoms with Crippen LogP contribution in [0.2, 0.25) is 0 Å². The molecule has 0 aliphatic heterocycles. The first kappa shape index (κ1) is 31.2. The van der Waals surface area contributed by atoms with Crippen molar-refractivity contribution in [3.05, 3.63) is 96.6 Å². The van der Waals surface area contributed by atoms with Crippen LogP contribution in [-0.4, -0.2) is 50.6 Å². The Kier molecular flexibility index (Phi) is 9.46. The van der Waals surface area contributed by atoms with Crippen LogP contribution in [0.1, 0.15) is 5.56 Å². The zero-order valence-corrected chi connectivity index (χ0v) is 25.5. The third-order valence-electron chi connectivity index (χ3n) is 6.32. The molecule has 4 rings (SSSR count). The number of nitrogens with one attached hydrogen (secondary N) is 2. The second kappa shape index (κ2) is 13.0. The molecule has 43 heavy (non-hydrogen) atoms. The Bertz CT molecular complexity index is 1810. The van der Waals surface area contributed by atoms with Gasteiger partial charge in [0, 0.05) is 11.8 Å². The van der Waals surface area contributed by atoms with Gasteiger partial charge in [0.25, 0.3) is 20.0 Å². The first-order valence-corrected chi connectivity index (χ1v) is 15.8. The summed E-state index contributed by atoms with van der Waals surface area (Å²) in [5.41, 5.74) is 1.41. The molecular weight excluding hydrogens is 594 g/mol. The minimum atomic E-state index is -4.17. The number of aryl methyl sites for hydroxylation is 1. The van der Waals surface area contributed by atoms with E-state index < -0.39 is 32.5 Å². The summed E-state index contributed by atoms with van der Waals surface area (Å²) in [5, 5.41) is 2.64. The number of nitrogens with zero attached hydrogens (tertiary/aromatic N) is 1. The Morgan fingerprint density at radius 3 is 2.02 bits per heavy atom. The number of hydrogen-bond acceptors (Lipinski definition) is 8. The predicted octanol–water partition coefficient (Wildman–Crippen LogP) is 4.66. The molecule has 4 aromatic rings. The number of carbonyl (C=O) groups is 1. The summed E-state index contributed by atoms with van der Waals surface area (Å²) >= 11 is 0. The monoisotopic (exact) mass is 625 g/mol. The number of amides is 1. The highest BCUT2D eigenvalue weighted by molar-refractivity contribution is 7.93. The normalized spacial score (nSPS) is 11.3. The fraction of sp³-hybridized carbons (Fsp3) is 0.167. The number of rotatable bonds is 12. The molecule has 0 aromatic heterocycles. The lowest BCUT2D eigenvalue weighted by molar-refractivity contribution is -0.114. The standard InChI is InChI=1S/C30H31N3O8S2/c1-21-10-16-29(41-4)27(18-21)33(43(37,38)25-8-6-5-7-9-25)20-30(34)31-22-11-14-24(15-12-22)42(35,36)32-26-19-23(39-2)13-17-28(26)40-3/h5-19,32H,20H2,1-4H3,(H,31,34). The van der Waals surface area contributed by atoms with Crippen LogP contribution >= 0.6 is 0 Å². The van der Waals surface area contributed by atoms with Gasteiger partial charge in [0.05, 0.1) is 42.5 Å². The van der Waals surface area contributed by atoms with Crippen LogP contribution in [0.15, 0.2) is 101 Å². The molecule has 0 atom stereocenters. The van der Waals surface area contributed by atoms with Gasteiger partial charge in [-0.3, -0.25) is 13.8 Å². The molecule has 0 saturated carbocycles. The van der Waals surface area contributed by atoms with Crippen LogP contribution in [0, 0.1) is 6.92 Å². The van der Waals surface area contributed by atoms with E-state index in [-0.39, 0.29) is 32.6 Å². The van der Waals surface area contributed by atoms with Crippen LogP contribution in [0.5, 0.6) is 17.2 Å². The van der Waals surface area contributed by atoms with Crippen molar-refractivity contribution in [3.63, 3.8) is 0 Å². The third kappa shape index (κ3) is 7.19. The van der Waals surface area contributed by atoms with E-state index in [1.54, 1.807) is 55.5 Å². The van der Waals surface area contributed by atoms with Gasteiger partial charge < -0.3 is 19.5 Å². The number of sulfonamides is 2. The Labute approximate surface area is 251 Å². The number of ether oxygens (including phenoxy) is 3. The van der Waals surface area contributed by atoms with E-state index in [4.69, 9.17) is 14.2 Å². The minimum absolute atomic E-state index is 0.00100. The first-order chi connectivity index (χ1) is 20.5. The molecule has 0 bridgehead atoms. The lowest BCUT2D eigenvalue weighted by Crippen LogP contribution is -2.38. The first-order valence-electron chi connectivity index (χ1n) is 12.9. The van der Waals surface area contributed by atoms with Crippen molar-refractivity contribution in [1.29, 1.82) is 0 Å². The second-order valence-corrected chi connectivity index (χ2v) is 12.8. The van der Waals surface area contributed by atoms with E-state index in [1.807, 2.05) is 0 Å². The lowest BCUT2D eigenvalue weighted by atomic mass is 10.2. The number of anilines is 3. The molecule has 0 spiro atoms. The summed E-state index contributed by atoms with van der Waals surface area (Å²) in [6, 6.07) is 22.9. The molecule has 0 radical (unpaired) electrons. The highest BCUT2D eigenvalue weighted by Gasteiger charge is 2.29. The Morgan fingerprint density at radius 2 is 1.40 bits per heavy atom. The maximum absolute atomic E-state index is 13.7. The molecule has 226 valence electrons. The van der Waals surface area contributed by atoms with Gasteiger partial charge in [0.2, 0.25) is 5.91 Å². The van der Waals surface area contributed by atoms with Gasteiger partial charge in [-0.15, -0.1) is 0 Å². The fourth-order valence-corrected chi connectivity index (χ4v) is 6.67. The van der Waals surface area contributed by atoms with Crippen molar-refractivity contribution in [1.82, 2.24) is 0 Å². The Hall–Kier alpha value is -4.75. The highest BCUT2D eigenvalue weighted by Crippen LogP contribution is 2.34. The smallest absolute Gasteiger partial charge is 0.264 e. The van der Waals surface area contributed by atoms with E-state index >= 15 is 0 Å². The quantitative estimate of drug-likeness (QED) is 0.232. The number of benzene rings is 4. The van der Waals surface area contributed by atoms with E-state index in [1.165, 1.54) is 63.8 Å². The van der Waals surface area contributed by atoms with Gasteiger partial charge in [-0.1, -0.05) is 24.3 Å². The van der Waals surface area contributed by atoms with Crippen LogP contribution in [0.4, 0.5) is 17.1 Å². The average Bonchev–Trinajstić information content (AvgIpc) is 3.00. The summed E-state index contributed by atoms with van der Waals surface area (Å²) in [6.07, 6.45) is 0. The van der Waals surface area contributed by atoms with Crippen LogP contribution in [0.3, 0.4) is 0 Å². The summed E-state index contributed by atoms with van der Waals surface area (Å²) in [7, 11) is -3.92. The highest BCUT2D eigenvalue weighted by atomic mass is 32.2. The molecule has 2 N–H and O–H groups in total. The van der Waals surface area contributed by atoms with Gasteiger partial charge in [-0.2, -0.15) is 0 Å². The molecule has 13 heteroatoms. The van der Waals surface area contributed by atoms with Crippen LogP contribution < -0.4 is 28.6 Å². The number of carbonyl (C=O) groups excluding carboxylic acids is 1. The molecule has 0 fully saturated rings. The molecule has 1 amide bonds. The van der Waals surface area contributed by atoms with E-state index in [0.717, 1.165) is 9.87 Å². The van der Waals surface area contributed by atoms with Crippen molar-refractivity contribution in [2.45, 2.75) is 16.7 Å². The molecular formula is C30H31N3O8S2. The van der Waals surface area contributed by atoms with Crippen molar-refractivity contribution in [2.24, 2.45) is 0 Å². The summed E-state index contributed by atoms with van der Waals surface area (Å²) in [4.78, 5) is 13.1. The molecule has 0 aliphatic rings. The summed E-state index contributed by atoms with van der Waals surface area (Å²) < 4.78 is 72.8. The molecule has 0 saturated heterocycles. The predicted molar refractivity (Wildman–Crippen MR) is 164 cm³/mol. The fourth-order valence-electron chi connectivity index (χ4n) is 4.16. The minimum Gasteiger partial charge on any atom is -0.497 e. The Morgan fingerprint density at radius 1 is 0.744 bits per heavy atom. The van der Waals surface area contributed by atoms with Gasteiger partial charge in [-0.25, -0.2) is 16.8 Å². The SMILES string of the molecule is COc1ccc(OC)c(NS(=O)(=O)c2ccc(NC(=O)CN(c3cc(C)ccc3OC)S(=O)(=O)c3ccccc3)cc2)c1.